The van der Waals surface area contributed by atoms with Crippen LogP contribution >= 0.6 is 0 Å². The van der Waals surface area contributed by atoms with Gasteiger partial charge in [-0.1, -0.05) is 12.1 Å². The van der Waals surface area contributed by atoms with Crippen molar-refractivity contribution < 1.29 is 9.53 Å². The van der Waals surface area contributed by atoms with Crippen LogP contribution in [0.1, 0.15) is 24.5 Å². The number of carbonyl (C=O) groups is 1. The summed E-state index contributed by atoms with van der Waals surface area (Å²) in [5, 5.41) is 0. The van der Waals surface area contributed by atoms with Crippen molar-refractivity contribution in [1.82, 2.24) is 0 Å². The monoisotopic (exact) mass is 219 g/mol. The van der Waals surface area contributed by atoms with Crippen molar-refractivity contribution in [1.29, 1.82) is 0 Å². The second kappa shape index (κ2) is 5.12. The number of benzene rings is 1. The minimum atomic E-state index is -0.437. The fourth-order valence-electron chi connectivity index (χ4n) is 2.12. The Balaban J connectivity index is 2.11. The number of anilines is 1. The third kappa shape index (κ3) is 2.25. The lowest BCUT2D eigenvalue weighted by Gasteiger charge is -2.18. The van der Waals surface area contributed by atoms with Crippen molar-refractivity contribution in [3.8, 4) is 0 Å². The summed E-state index contributed by atoms with van der Waals surface area (Å²) in [5.74, 6) is 0. The molecule has 1 unspecified atom stereocenters. The zero-order valence-corrected chi connectivity index (χ0v) is 9.56. The molecule has 1 fully saturated rings. The number of ether oxygens (including phenoxy) is 1. The summed E-state index contributed by atoms with van der Waals surface area (Å²) in [5.41, 5.74) is 2.16. The van der Waals surface area contributed by atoms with Gasteiger partial charge in [-0.15, -0.1) is 0 Å². The van der Waals surface area contributed by atoms with Gasteiger partial charge in [0.2, 0.25) is 0 Å². The smallest absolute Gasteiger partial charge is 0.153 e. The Morgan fingerprint density at radius 3 is 2.38 bits per heavy atom. The molecule has 1 aliphatic rings. The fraction of sp³-hybridized carbons (Fsp3) is 0.462. The molecule has 1 saturated heterocycles. The number of nitrogens with zero attached hydrogens (tertiary/aromatic N) is 1. The summed E-state index contributed by atoms with van der Waals surface area (Å²) in [6.07, 6.45) is 2.94. The quantitative estimate of drug-likeness (QED) is 0.727. The van der Waals surface area contributed by atoms with Crippen LogP contribution in [0.15, 0.2) is 24.3 Å². The van der Waals surface area contributed by atoms with Crippen molar-refractivity contribution in [3.05, 3.63) is 29.8 Å². The van der Waals surface area contributed by atoms with Gasteiger partial charge in [0.15, 0.2) is 6.29 Å². The predicted octanol–water partition coefficient (Wildman–Crippen LogP) is 2.17. The maximum Gasteiger partial charge on any atom is 0.153 e. The Labute approximate surface area is 96.0 Å². The van der Waals surface area contributed by atoms with Gasteiger partial charge in [-0.25, -0.2) is 0 Å². The van der Waals surface area contributed by atoms with E-state index in [1.54, 1.807) is 7.11 Å². The second-order valence-corrected chi connectivity index (χ2v) is 4.08. The molecular formula is C13H17NO2. The minimum absolute atomic E-state index is 0.437. The lowest BCUT2D eigenvalue weighted by Crippen LogP contribution is -2.17. The fourth-order valence-corrected chi connectivity index (χ4v) is 2.12. The molecule has 3 heteroatoms. The standard InChI is InChI=1S/C13H17NO2/c1-16-13(10-15)11-4-6-12(7-5-11)14-8-2-3-9-14/h4-7,10,13H,2-3,8-9H2,1H3. The second-order valence-electron chi connectivity index (χ2n) is 4.08. The van der Waals surface area contributed by atoms with E-state index in [9.17, 15) is 4.79 Å². The molecule has 1 heterocycles. The first-order valence-electron chi connectivity index (χ1n) is 5.68. The number of rotatable bonds is 4. The third-order valence-electron chi connectivity index (χ3n) is 3.07. The highest BCUT2D eigenvalue weighted by Crippen LogP contribution is 2.23. The Morgan fingerprint density at radius 2 is 1.88 bits per heavy atom. The summed E-state index contributed by atoms with van der Waals surface area (Å²) in [7, 11) is 1.55. The molecule has 0 radical (unpaired) electrons. The Morgan fingerprint density at radius 1 is 1.25 bits per heavy atom. The lowest BCUT2D eigenvalue weighted by atomic mass is 10.1. The average molecular weight is 219 g/mol. The third-order valence-corrected chi connectivity index (χ3v) is 3.07. The highest BCUT2D eigenvalue weighted by Gasteiger charge is 2.13. The van der Waals surface area contributed by atoms with Crippen molar-refractivity contribution in [2.45, 2.75) is 18.9 Å². The molecule has 0 saturated carbocycles. The van der Waals surface area contributed by atoms with Gasteiger partial charge in [-0.05, 0) is 30.5 Å². The molecule has 0 N–H and O–H groups in total. The van der Waals surface area contributed by atoms with E-state index in [2.05, 4.69) is 17.0 Å². The van der Waals surface area contributed by atoms with Gasteiger partial charge in [-0.3, -0.25) is 0 Å². The summed E-state index contributed by atoms with van der Waals surface area (Å²) < 4.78 is 5.07. The number of hydrogen-bond donors (Lipinski definition) is 0. The van der Waals surface area contributed by atoms with Crippen LogP contribution in [-0.2, 0) is 9.53 Å². The van der Waals surface area contributed by atoms with Gasteiger partial charge < -0.3 is 14.4 Å². The van der Waals surface area contributed by atoms with Crippen LogP contribution in [0.4, 0.5) is 5.69 Å². The predicted molar refractivity (Wildman–Crippen MR) is 63.7 cm³/mol. The van der Waals surface area contributed by atoms with Crippen molar-refractivity contribution in [2.24, 2.45) is 0 Å². The van der Waals surface area contributed by atoms with Gasteiger partial charge in [0.1, 0.15) is 6.10 Å². The van der Waals surface area contributed by atoms with Crippen LogP contribution in [0.3, 0.4) is 0 Å². The van der Waals surface area contributed by atoms with Gasteiger partial charge >= 0.3 is 0 Å². The van der Waals surface area contributed by atoms with Crippen LogP contribution in [0, 0.1) is 0 Å². The van der Waals surface area contributed by atoms with E-state index in [0.717, 1.165) is 24.9 Å². The van der Waals surface area contributed by atoms with Crippen LogP contribution in [0.2, 0.25) is 0 Å². The zero-order chi connectivity index (χ0) is 11.4. The van der Waals surface area contributed by atoms with Crippen LogP contribution in [0.25, 0.3) is 0 Å². The number of hydrogen-bond acceptors (Lipinski definition) is 3. The molecule has 0 spiro atoms. The van der Waals surface area contributed by atoms with Crippen molar-refractivity contribution >= 4 is 12.0 Å². The van der Waals surface area contributed by atoms with Crippen LogP contribution in [-0.4, -0.2) is 26.5 Å². The van der Waals surface area contributed by atoms with E-state index >= 15 is 0 Å². The van der Waals surface area contributed by atoms with E-state index in [1.807, 2.05) is 12.1 Å². The SMILES string of the molecule is COC(C=O)c1ccc(N2CCCC2)cc1. The van der Waals surface area contributed by atoms with E-state index in [-0.39, 0.29) is 0 Å². The highest BCUT2D eigenvalue weighted by molar-refractivity contribution is 5.61. The number of aldehydes is 1. The first-order valence-corrected chi connectivity index (χ1v) is 5.68. The zero-order valence-electron chi connectivity index (χ0n) is 9.56. The average Bonchev–Trinajstić information content (AvgIpc) is 2.85. The topological polar surface area (TPSA) is 29.5 Å². The maximum atomic E-state index is 10.7. The maximum absolute atomic E-state index is 10.7. The molecule has 1 aromatic rings. The molecule has 1 aliphatic heterocycles. The number of methoxy groups -OCH3 is 1. The van der Waals surface area contributed by atoms with E-state index < -0.39 is 6.10 Å². The molecular weight excluding hydrogens is 202 g/mol. The molecule has 0 aromatic heterocycles. The van der Waals surface area contributed by atoms with Gasteiger partial charge in [0, 0.05) is 25.9 Å². The Kier molecular flexibility index (Phi) is 3.57. The molecule has 16 heavy (non-hydrogen) atoms. The van der Waals surface area contributed by atoms with Gasteiger partial charge in [-0.2, -0.15) is 0 Å². The Hall–Kier alpha value is -1.35. The van der Waals surface area contributed by atoms with Gasteiger partial charge in [0.05, 0.1) is 0 Å². The van der Waals surface area contributed by atoms with E-state index in [0.29, 0.717) is 0 Å². The summed E-state index contributed by atoms with van der Waals surface area (Å²) in [4.78, 5) is 13.1. The molecule has 3 nitrogen and oxygen atoms in total. The van der Waals surface area contributed by atoms with Crippen molar-refractivity contribution in [3.63, 3.8) is 0 Å². The molecule has 0 bridgehead atoms. The van der Waals surface area contributed by atoms with Crippen LogP contribution in [0.5, 0.6) is 0 Å². The first-order chi connectivity index (χ1) is 7.85. The Bertz CT molecular complexity index is 341. The summed E-state index contributed by atoms with van der Waals surface area (Å²) in [6.45, 7) is 2.28. The molecule has 1 aromatic carbocycles. The van der Waals surface area contributed by atoms with E-state index in [4.69, 9.17) is 4.74 Å². The molecule has 1 atom stereocenters. The first kappa shape index (κ1) is 11.1. The molecule has 2 rings (SSSR count). The van der Waals surface area contributed by atoms with Crippen molar-refractivity contribution in [2.75, 3.05) is 25.1 Å². The molecule has 0 aliphatic carbocycles. The highest BCUT2D eigenvalue weighted by atomic mass is 16.5. The largest absolute Gasteiger partial charge is 0.372 e. The molecule has 0 amide bonds. The van der Waals surface area contributed by atoms with E-state index in [1.165, 1.54) is 18.5 Å². The van der Waals surface area contributed by atoms with Gasteiger partial charge in [0.25, 0.3) is 0 Å². The summed E-state index contributed by atoms with van der Waals surface area (Å²) in [6, 6.07) is 8.07. The molecule has 86 valence electrons. The normalized spacial score (nSPS) is 17.4. The minimum Gasteiger partial charge on any atom is -0.372 e. The lowest BCUT2D eigenvalue weighted by molar-refractivity contribution is -0.116. The number of carbonyl (C=O) groups excluding carboxylic acids is 1. The van der Waals surface area contributed by atoms with Crippen LogP contribution < -0.4 is 4.90 Å². The summed E-state index contributed by atoms with van der Waals surface area (Å²) >= 11 is 0.